The summed E-state index contributed by atoms with van der Waals surface area (Å²) in [7, 11) is 1.59. The van der Waals surface area contributed by atoms with Crippen LogP contribution in [-0.4, -0.2) is 31.4 Å². The molecule has 0 radical (unpaired) electrons. The Bertz CT molecular complexity index is 696. The number of methoxy groups -OCH3 is 1. The van der Waals surface area contributed by atoms with E-state index in [1.54, 1.807) is 37.9 Å². The summed E-state index contributed by atoms with van der Waals surface area (Å²) in [5.74, 6) is 2.80. The van der Waals surface area contributed by atoms with Crippen molar-refractivity contribution in [3.63, 3.8) is 0 Å². The zero-order valence-corrected chi connectivity index (χ0v) is 15.9. The van der Waals surface area contributed by atoms with Gasteiger partial charge in [0.05, 0.1) is 7.11 Å². The van der Waals surface area contributed by atoms with Crippen LogP contribution in [0.25, 0.3) is 0 Å². The molecule has 1 N–H and O–H groups in total. The summed E-state index contributed by atoms with van der Waals surface area (Å²) in [5.41, 5.74) is 1.11. The molecule has 0 fully saturated rings. The number of ether oxygens (including phenoxy) is 2. The summed E-state index contributed by atoms with van der Waals surface area (Å²) in [6, 6.07) is 15.0. The molecule has 6 heteroatoms. The normalized spacial score (nSPS) is 11.6. The fourth-order valence-electron chi connectivity index (χ4n) is 2.12. The molecule has 0 saturated carbocycles. The quantitative estimate of drug-likeness (QED) is 0.664. The minimum atomic E-state index is -0.569. The molecule has 0 heterocycles. The summed E-state index contributed by atoms with van der Waals surface area (Å²) in [6.45, 7) is 2.31. The minimum absolute atomic E-state index is 0.138. The number of hydrogen-bond acceptors (Lipinski definition) is 4. The van der Waals surface area contributed by atoms with Crippen LogP contribution in [0.15, 0.2) is 48.5 Å². The Morgan fingerprint density at radius 2 is 1.96 bits per heavy atom. The Kier molecular flexibility index (Phi) is 7.95. The fourth-order valence-corrected chi connectivity index (χ4v) is 3.26. The number of carbonyl (C=O) groups is 1. The van der Waals surface area contributed by atoms with Crippen LogP contribution < -0.4 is 14.8 Å². The van der Waals surface area contributed by atoms with E-state index in [2.05, 4.69) is 5.32 Å². The smallest absolute Gasteiger partial charge is 0.260 e. The maximum Gasteiger partial charge on any atom is 0.260 e. The zero-order chi connectivity index (χ0) is 18.1. The van der Waals surface area contributed by atoms with Crippen LogP contribution in [0.5, 0.6) is 11.5 Å². The largest absolute Gasteiger partial charge is 0.497 e. The van der Waals surface area contributed by atoms with Gasteiger partial charge in [-0.3, -0.25) is 4.79 Å². The summed E-state index contributed by atoms with van der Waals surface area (Å²) >= 11 is 7.85. The van der Waals surface area contributed by atoms with E-state index in [1.165, 1.54) is 0 Å². The van der Waals surface area contributed by atoms with Crippen molar-refractivity contribution in [3.05, 3.63) is 59.1 Å². The highest BCUT2D eigenvalue weighted by Gasteiger charge is 2.14. The first-order valence-corrected chi connectivity index (χ1v) is 9.53. The van der Waals surface area contributed by atoms with Gasteiger partial charge in [-0.2, -0.15) is 11.8 Å². The molecule has 0 spiro atoms. The molecule has 134 valence electrons. The number of thioether (sulfide) groups is 1. The van der Waals surface area contributed by atoms with E-state index in [4.69, 9.17) is 21.1 Å². The van der Waals surface area contributed by atoms with Crippen molar-refractivity contribution < 1.29 is 14.3 Å². The Labute approximate surface area is 157 Å². The van der Waals surface area contributed by atoms with Crippen LogP contribution in [0.4, 0.5) is 0 Å². The fraction of sp³-hybridized carbons (Fsp3) is 0.316. The van der Waals surface area contributed by atoms with Gasteiger partial charge in [0, 0.05) is 29.1 Å². The summed E-state index contributed by atoms with van der Waals surface area (Å²) in [5, 5.41) is 3.66. The van der Waals surface area contributed by atoms with Gasteiger partial charge < -0.3 is 14.8 Å². The van der Waals surface area contributed by atoms with Crippen molar-refractivity contribution >= 4 is 29.3 Å². The third kappa shape index (κ3) is 6.52. The molecule has 1 unspecified atom stereocenters. The molecule has 2 aromatic rings. The van der Waals surface area contributed by atoms with E-state index < -0.39 is 6.10 Å². The maximum atomic E-state index is 12.1. The predicted molar refractivity (Wildman–Crippen MR) is 104 cm³/mol. The summed E-state index contributed by atoms with van der Waals surface area (Å²) < 4.78 is 10.8. The molecule has 2 aromatic carbocycles. The third-order valence-corrected chi connectivity index (χ3v) is 4.86. The monoisotopic (exact) mass is 379 g/mol. The third-order valence-electron chi connectivity index (χ3n) is 3.48. The lowest BCUT2D eigenvalue weighted by Crippen LogP contribution is -2.37. The van der Waals surface area contributed by atoms with Crippen molar-refractivity contribution in [2.24, 2.45) is 0 Å². The minimum Gasteiger partial charge on any atom is -0.497 e. The number of nitrogens with one attached hydrogen (secondary N) is 1. The molecule has 2 rings (SSSR count). The van der Waals surface area contributed by atoms with E-state index in [-0.39, 0.29) is 5.91 Å². The van der Waals surface area contributed by atoms with Gasteiger partial charge in [-0.1, -0.05) is 35.9 Å². The van der Waals surface area contributed by atoms with Gasteiger partial charge >= 0.3 is 0 Å². The number of halogens is 1. The van der Waals surface area contributed by atoms with Crippen LogP contribution >= 0.6 is 23.4 Å². The van der Waals surface area contributed by atoms with E-state index in [9.17, 15) is 4.79 Å². The second-order valence-electron chi connectivity index (χ2n) is 5.37. The van der Waals surface area contributed by atoms with Crippen LogP contribution in [-0.2, 0) is 10.5 Å². The molecule has 0 aliphatic rings. The van der Waals surface area contributed by atoms with E-state index in [0.717, 1.165) is 22.1 Å². The van der Waals surface area contributed by atoms with Gasteiger partial charge in [-0.05, 0) is 30.7 Å². The van der Waals surface area contributed by atoms with Crippen molar-refractivity contribution in [1.82, 2.24) is 5.32 Å². The Balaban J connectivity index is 1.68. The lowest BCUT2D eigenvalue weighted by molar-refractivity contribution is -0.127. The molecule has 0 aromatic heterocycles. The highest BCUT2D eigenvalue weighted by molar-refractivity contribution is 7.98. The zero-order valence-electron chi connectivity index (χ0n) is 14.3. The molecule has 0 aliphatic carbocycles. The molecular weight excluding hydrogens is 358 g/mol. The van der Waals surface area contributed by atoms with Crippen molar-refractivity contribution in [2.45, 2.75) is 18.8 Å². The van der Waals surface area contributed by atoms with Crippen molar-refractivity contribution in [1.29, 1.82) is 0 Å². The SMILES string of the molecule is COc1cccc(OC(C)C(=O)NCCSCc2ccccc2Cl)c1. The summed E-state index contributed by atoms with van der Waals surface area (Å²) in [4.78, 5) is 12.1. The second-order valence-corrected chi connectivity index (χ2v) is 6.89. The number of carbonyl (C=O) groups excluding carboxylic acids is 1. The predicted octanol–water partition coefficient (Wildman–Crippen LogP) is 4.17. The molecular formula is C19H22ClNO3S. The topological polar surface area (TPSA) is 47.6 Å². The van der Waals surface area contributed by atoms with E-state index in [1.807, 2.05) is 36.4 Å². The Morgan fingerprint density at radius 1 is 1.20 bits per heavy atom. The molecule has 1 amide bonds. The molecule has 25 heavy (non-hydrogen) atoms. The van der Waals surface area contributed by atoms with Crippen LogP contribution in [0.1, 0.15) is 12.5 Å². The van der Waals surface area contributed by atoms with Gasteiger partial charge in [0.15, 0.2) is 6.10 Å². The lowest BCUT2D eigenvalue weighted by atomic mass is 10.2. The number of benzene rings is 2. The maximum absolute atomic E-state index is 12.1. The highest BCUT2D eigenvalue weighted by Crippen LogP contribution is 2.21. The van der Waals surface area contributed by atoms with E-state index >= 15 is 0 Å². The van der Waals surface area contributed by atoms with E-state index in [0.29, 0.717) is 18.0 Å². The van der Waals surface area contributed by atoms with Gasteiger partial charge in [-0.15, -0.1) is 0 Å². The Morgan fingerprint density at radius 3 is 2.72 bits per heavy atom. The highest BCUT2D eigenvalue weighted by atomic mass is 35.5. The van der Waals surface area contributed by atoms with Crippen LogP contribution in [0.3, 0.4) is 0 Å². The van der Waals surface area contributed by atoms with Gasteiger partial charge in [0.25, 0.3) is 5.91 Å². The molecule has 0 bridgehead atoms. The lowest BCUT2D eigenvalue weighted by Gasteiger charge is -2.15. The number of hydrogen-bond donors (Lipinski definition) is 1. The van der Waals surface area contributed by atoms with Crippen LogP contribution in [0.2, 0.25) is 5.02 Å². The second kappa shape index (κ2) is 10.2. The Hall–Kier alpha value is -1.85. The molecule has 1 atom stereocenters. The van der Waals surface area contributed by atoms with Crippen molar-refractivity contribution in [3.8, 4) is 11.5 Å². The standard InChI is InChI=1S/C19H22ClNO3S/c1-14(24-17-8-5-7-16(12-17)23-2)19(22)21-10-11-25-13-15-6-3-4-9-18(15)20/h3-9,12,14H,10-11,13H2,1-2H3,(H,21,22). The molecule has 0 aliphatic heterocycles. The average Bonchev–Trinajstić information content (AvgIpc) is 2.62. The first-order valence-electron chi connectivity index (χ1n) is 7.99. The number of amides is 1. The van der Waals surface area contributed by atoms with Crippen LogP contribution in [0, 0.1) is 0 Å². The molecule has 4 nitrogen and oxygen atoms in total. The van der Waals surface area contributed by atoms with Gasteiger partial charge in [0.1, 0.15) is 11.5 Å². The first-order chi connectivity index (χ1) is 12.1. The number of rotatable bonds is 9. The molecule has 0 saturated heterocycles. The first kappa shape index (κ1) is 19.5. The average molecular weight is 380 g/mol. The van der Waals surface area contributed by atoms with Gasteiger partial charge in [-0.25, -0.2) is 0 Å². The van der Waals surface area contributed by atoms with Crippen molar-refractivity contribution in [2.75, 3.05) is 19.4 Å². The summed E-state index contributed by atoms with van der Waals surface area (Å²) in [6.07, 6.45) is -0.569. The van der Waals surface area contributed by atoms with Gasteiger partial charge in [0.2, 0.25) is 0 Å².